The minimum Gasteiger partial charge on any atom is -0.268 e. The first kappa shape index (κ1) is 13.4. The molecule has 0 saturated heterocycles. The maximum atomic E-state index is 12.8. The molecular weight excluding hydrogens is 290 g/mol. The van der Waals surface area contributed by atoms with Crippen molar-refractivity contribution in [3.05, 3.63) is 77.2 Å². The van der Waals surface area contributed by atoms with Gasteiger partial charge in [0.05, 0.1) is 17.6 Å². The lowest BCUT2D eigenvalue weighted by atomic mass is 10.3. The minimum absolute atomic E-state index is 0.138. The second-order valence-electron chi connectivity index (χ2n) is 5.13. The van der Waals surface area contributed by atoms with E-state index in [0.29, 0.717) is 16.9 Å². The van der Waals surface area contributed by atoms with Crippen molar-refractivity contribution in [1.29, 1.82) is 0 Å². The van der Waals surface area contributed by atoms with E-state index in [2.05, 4.69) is 15.1 Å². The molecule has 4 aromatic rings. The first-order valence-electron chi connectivity index (χ1n) is 7.19. The second kappa shape index (κ2) is 5.17. The molecule has 0 N–H and O–H groups in total. The largest absolute Gasteiger partial charge is 0.269 e. The third kappa shape index (κ3) is 2.12. The number of aromatic nitrogens is 5. The quantitative estimate of drug-likeness (QED) is 0.570. The Kier molecular flexibility index (Phi) is 3.01. The van der Waals surface area contributed by atoms with E-state index in [9.17, 15) is 4.79 Å². The highest BCUT2D eigenvalue weighted by Crippen LogP contribution is 2.15. The Balaban J connectivity index is 2.00. The van der Waals surface area contributed by atoms with Crippen LogP contribution in [-0.4, -0.2) is 24.3 Å². The number of hydrogen-bond acceptors (Lipinski definition) is 4. The van der Waals surface area contributed by atoms with E-state index >= 15 is 0 Å². The van der Waals surface area contributed by atoms with Gasteiger partial charge in [0, 0.05) is 12.4 Å². The van der Waals surface area contributed by atoms with E-state index in [1.165, 1.54) is 0 Å². The second-order valence-corrected chi connectivity index (χ2v) is 5.13. The van der Waals surface area contributed by atoms with Crippen molar-refractivity contribution in [1.82, 2.24) is 24.3 Å². The summed E-state index contributed by atoms with van der Waals surface area (Å²) in [6, 6.07) is 13.2. The molecule has 0 radical (unpaired) electrons. The smallest absolute Gasteiger partial charge is 0.268 e. The highest BCUT2D eigenvalue weighted by Gasteiger charge is 2.14. The molecule has 0 spiro atoms. The lowest BCUT2D eigenvalue weighted by Crippen LogP contribution is -2.22. The van der Waals surface area contributed by atoms with Gasteiger partial charge in [0.2, 0.25) is 0 Å². The minimum atomic E-state index is -0.138. The monoisotopic (exact) mass is 303 g/mol. The van der Waals surface area contributed by atoms with E-state index in [1.807, 2.05) is 37.3 Å². The van der Waals surface area contributed by atoms with Crippen molar-refractivity contribution in [2.45, 2.75) is 6.92 Å². The van der Waals surface area contributed by atoms with Crippen molar-refractivity contribution in [2.24, 2.45) is 0 Å². The van der Waals surface area contributed by atoms with Gasteiger partial charge in [-0.05, 0) is 31.2 Å². The van der Waals surface area contributed by atoms with Gasteiger partial charge in [0.15, 0.2) is 5.65 Å². The first-order chi connectivity index (χ1) is 11.3. The van der Waals surface area contributed by atoms with Gasteiger partial charge >= 0.3 is 0 Å². The van der Waals surface area contributed by atoms with E-state index < -0.39 is 0 Å². The lowest BCUT2D eigenvalue weighted by Gasteiger charge is -2.09. The summed E-state index contributed by atoms with van der Waals surface area (Å²) < 4.78 is 3.25. The number of hydrogen-bond donors (Lipinski definition) is 0. The van der Waals surface area contributed by atoms with Crippen LogP contribution in [0.4, 0.5) is 0 Å². The van der Waals surface area contributed by atoms with Crippen LogP contribution in [0.15, 0.2) is 65.8 Å². The van der Waals surface area contributed by atoms with Gasteiger partial charge in [-0.25, -0.2) is 9.67 Å². The molecule has 0 saturated carbocycles. The molecule has 3 aromatic heterocycles. The zero-order chi connectivity index (χ0) is 15.8. The topological polar surface area (TPSA) is 65.6 Å². The Morgan fingerprint density at radius 3 is 2.43 bits per heavy atom. The Morgan fingerprint density at radius 1 is 0.957 bits per heavy atom. The van der Waals surface area contributed by atoms with Gasteiger partial charge in [-0.15, -0.1) is 0 Å². The predicted octanol–water partition coefficient (Wildman–Crippen LogP) is 2.27. The van der Waals surface area contributed by atoms with Gasteiger partial charge in [-0.3, -0.25) is 14.3 Å². The Labute approximate surface area is 131 Å². The van der Waals surface area contributed by atoms with Crippen molar-refractivity contribution in [3.8, 4) is 11.4 Å². The molecule has 1 aromatic carbocycles. The molecular formula is C17H13N5O. The average molecular weight is 303 g/mol. The number of pyridine rings is 1. The van der Waals surface area contributed by atoms with Crippen LogP contribution < -0.4 is 5.56 Å². The van der Waals surface area contributed by atoms with Crippen LogP contribution in [0.2, 0.25) is 0 Å². The highest BCUT2D eigenvalue weighted by molar-refractivity contribution is 5.75. The number of benzene rings is 1. The van der Waals surface area contributed by atoms with Crippen molar-refractivity contribution < 1.29 is 0 Å². The van der Waals surface area contributed by atoms with Gasteiger partial charge < -0.3 is 0 Å². The van der Waals surface area contributed by atoms with E-state index in [-0.39, 0.29) is 5.56 Å². The fourth-order valence-electron chi connectivity index (χ4n) is 2.63. The molecule has 0 unspecified atom stereocenters. The van der Waals surface area contributed by atoms with Gasteiger partial charge in [-0.1, -0.05) is 18.2 Å². The number of fused-ring (bicyclic) bond motifs is 1. The number of rotatable bonds is 2. The third-order valence-corrected chi connectivity index (χ3v) is 3.69. The fraction of sp³-hybridized carbons (Fsp3) is 0.0588. The molecule has 0 aliphatic heterocycles. The summed E-state index contributed by atoms with van der Waals surface area (Å²) in [5.74, 6) is 0.603. The predicted molar refractivity (Wildman–Crippen MR) is 87.0 cm³/mol. The van der Waals surface area contributed by atoms with Crippen LogP contribution in [0.5, 0.6) is 0 Å². The molecule has 0 amide bonds. The fourth-order valence-corrected chi connectivity index (χ4v) is 2.63. The van der Waals surface area contributed by atoms with Gasteiger partial charge in [0.25, 0.3) is 5.56 Å². The van der Waals surface area contributed by atoms with Crippen LogP contribution in [0.3, 0.4) is 0 Å². The molecule has 23 heavy (non-hydrogen) atoms. The SMILES string of the molecule is Cc1nc2c(cnn2-c2ccccc2)c(=O)n1-c1ccncc1. The molecule has 6 nitrogen and oxygen atoms in total. The van der Waals surface area contributed by atoms with Crippen molar-refractivity contribution in [2.75, 3.05) is 0 Å². The van der Waals surface area contributed by atoms with Gasteiger partial charge in [0.1, 0.15) is 11.2 Å². The summed E-state index contributed by atoms with van der Waals surface area (Å²) in [6.07, 6.45) is 4.87. The van der Waals surface area contributed by atoms with Crippen LogP contribution in [0.1, 0.15) is 5.82 Å². The summed E-state index contributed by atoms with van der Waals surface area (Å²) in [5, 5.41) is 4.81. The first-order valence-corrected chi connectivity index (χ1v) is 7.19. The zero-order valence-electron chi connectivity index (χ0n) is 12.4. The number of nitrogens with zero attached hydrogens (tertiary/aromatic N) is 5. The normalized spacial score (nSPS) is 11.0. The molecule has 0 aliphatic carbocycles. The molecule has 0 fully saturated rings. The summed E-state index contributed by atoms with van der Waals surface area (Å²) >= 11 is 0. The molecule has 4 rings (SSSR count). The highest BCUT2D eigenvalue weighted by atomic mass is 16.1. The van der Waals surface area contributed by atoms with E-state index in [4.69, 9.17) is 0 Å². The molecule has 0 bridgehead atoms. The molecule has 0 aliphatic rings. The molecule has 112 valence electrons. The summed E-state index contributed by atoms with van der Waals surface area (Å²) in [4.78, 5) is 21.4. The summed E-state index contributed by atoms with van der Waals surface area (Å²) in [7, 11) is 0. The Hall–Kier alpha value is -3.28. The van der Waals surface area contributed by atoms with E-state index in [0.717, 1.165) is 11.4 Å². The van der Waals surface area contributed by atoms with E-state index in [1.54, 1.807) is 40.0 Å². The molecule has 6 heteroatoms. The van der Waals surface area contributed by atoms with Gasteiger partial charge in [-0.2, -0.15) is 5.10 Å². The van der Waals surface area contributed by atoms with Crippen LogP contribution >= 0.6 is 0 Å². The zero-order valence-corrected chi connectivity index (χ0v) is 12.4. The Bertz CT molecular complexity index is 1040. The van der Waals surface area contributed by atoms with Crippen molar-refractivity contribution >= 4 is 11.0 Å². The third-order valence-electron chi connectivity index (χ3n) is 3.69. The number of aryl methyl sites for hydroxylation is 1. The number of para-hydroxylation sites is 1. The maximum Gasteiger partial charge on any atom is 0.269 e. The van der Waals surface area contributed by atoms with Crippen LogP contribution in [0, 0.1) is 6.92 Å². The van der Waals surface area contributed by atoms with Crippen LogP contribution in [-0.2, 0) is 0 Å². The lowest BCUT2D eigenvalue weighted by molar-refractivity contribution is 0.858. The molecule has 0 atom stereocenters. The average Bonchev–Trinajstić information content (AvgIpc) is 3.00. The van der Waals surface area contributed by atoms with Crippen molar-refractivity contribution in [3.63, 3.8) is 0 Å². The standard InChI is InChI=1S/C17H13N5O/c1-12-20-16-15(11-19-22(16)14-5-3-2-4-6-14)17(23)21(12)13-7-9-18-10-8-13/h2-11H,1H3. The van der Waals surface area contributed by atoms with Crippen LogP contribution in [0.25, 0.3) is 22.4 Å². The molecule has 3 heterocycles. The summed E-state index contributed by atoms with van der Waals surface area (Å²) in [5.41, 5.74) is 2.03. The maximum absolute atomic E-state index is 12.8. The Morgan fingerprint density at radius 2 is 1.70 bits per heavy atom. The summed E-state index contributed by atoms with van der Waals surface area (Å²) in [6.45, 7) is 1.81.